The second kappa shape index (κ2) is 4.99. The van der Waals surface area contributed by atoms with Crippen LogP contribution in [0.3, 0.4) is 0 Å². The van der Waals surface area contributed by atoms with Crippen LogP contribution in [0.25, 0.3) is 0 Å². The summed E-state index contributed by atoms with van der Waals surface area (Å²) in [5, 5.41) is 7.56. The van der Waals surface area contributed by atoms with Crippen LogP contribution in [0.2, 0.25) is 0 Å². The van der Waals surface area contributed by atoms with Gasteiger partial charge in [0.1, 0.15) is 12.2 Å². The highest BCUT2D eigenvalue weighted by molar-refractivity contribution is 5.52. The second-order valence-electron chi connectivity index (χ2n) is 4.16. The fourth-order valence-corrected chi connectivity index (χ4v) is 1.79. The molecule has 0 aliphatic heterocycles. The predicted octanol–water partition coefficient (Wildman–Crippen LogP) is 2.53. The molecule has 1 aromatic heterocycles. The van der Waals surface area contributed by atoms with Gasteiger partial charge in [0.2, 0.25) is 0 Å². The van der Waals surface area contributed by atoms with Crippen LogP contribution in [0.5, 0.6) is 0 Å². The molecule has 0 bridgehead atoms. The van der Waals surface area contributed by atoms with E-state index in [4.69, 9.17) is 0 Å². The molecule has 90 valence electrons. The molecule has 2 rings (SSSR count). The van der Waals surface area contributed by atoms with Gasteiger partial charge in [0, 0.05) is 12.2 Å². The molecule has 1 heterocycles. The van der Waals surface area contributed by atoms with Crippen molar-refractivity contribution < 1.29 is 0 Å². The van der Waals surface area contributed by atoms with Gasteiger partial charge in [-0.2, -0.15) is 5.10 Å². The lowest BCUT2D eigenvalue weighted by Gasteiger charge is -2.10. The molecule has 0 aliphatic carbocycles. The molecule has 1 aromatic carbocycles. The molecule has 0 saturated carbocycles. The summed E-state index contributed by atoms with van der Waals surface area (Å²) in [6.07, 6.45) is 1.60. The highest BCUT2D eigenvalue weighted by Gasteiger charge is 2.03. The van der Waals surface area contributed by atoms with Crippen molar-refractivity contribution in [3.8, 4) is 0 Å². The normalized spacial score (nSPS) is 10.5. The van der Waals surface area contributed by atoms with Gasteiger partial charge >= 0.3 is 0 Å². The lowest BCUT2D eigenvalue weighted by atomic mass is 10.1. The van der Waals surface area contributed by atoms with E-state index in [1.807, 2.05) is 4.68 Å². The summed E-state index contributed by atoms with van der Waals surface area (Å²) in [6, 6.07) is 6.40. The third-order valence-electron chi connectivity index (χ3n) is 2.83. The Kier molecular flexibility index (Phi) is 3.42. The summed E-state index contributed by atoms with van der Waals surface area (Å²) in [5.41, 5.74) is 3.67. The SMILES string of the molecule is CCn1ncnc1CNc1cc(C)ccc1C. The van der Waals surface area contributed by atoms with E-state index in [1.165, 1.54) is 11.1 Å². The average Bonchev–Trinajstić information content (AvgIpc) is 2.77. The van der Waals surface area contributed by atoms with E-state index in [2.05, 4.69) is 54.4 Å². The van der Waals surface area contributed by atoms with Crippen LogP contribution in [-0.4, -0.2) is 14.8 Å². The van der Waals surface area contributed by atoms with Crippen molar-refractivity contribution >= 4 is 5.69 Å². The lowest BCUT2D eigenvalue weighted by Crippen LogP contribution is -2.09. The predicted molar refractivity (Wildman–Crippen MR) is 68.9 cm³/mol. The third kappa shape index (κ3) is 2.64. The van der Waals surface area contributed by atoms with Crippen LogP contribution in [0.4, 0.5) is 5.69 Å². The standard InChI is InChI=1S/C13H18N4/c1-4-17-13(15-9-16-17)8-14-12-7-10(2)5-6-11(12)3/h5-7,9,14H,4,8H2,1-3H3. The third-order valence-corrected chi connectivity index (χ3v) is 2.83. The van der Waals surface area contributed by atoms with Crippen molar-refractivity contribution in [3.05, 3.63) is 41.5 Å². The Labute approximate surface area is 102 Å². The van der Waals surface area contributed by atoms with Crippen molar-refractivity contribution in [1.29, 1.82) is 0 Å². The van der Waals surface area contributed by atoms with Crippen LogP contribution >= 0.6 is 0 Å². The number of rotatable bonds is 4. The summed E-state index contributed by atoms with van der Waals surface area (Å²) in [6.45, 7) is 7.82. The van der Waals surface area contributed by atoms with Gasteiger partial charge in [-0.25, -0.2) is 9.67 Å². The van der Waals surface area contributed by atoms with Gasteiger partial charge in [-0.1, -0.05) is 12.1 Å². The summed E-state index contributed by atoms with van der Waals surface area (Å²) >= 11 is 0. The number of benzene rings is 1. The van der Waals surface area contributed by atoms with E-state index in [1.54, 1.807) is 6.33 Å². The monoisotopic (exact) mass is 230 g/mol. The first-order chi connectivity index (χ1) is 8.20. The average molecular weight is 230 g/mol. The van der Waals surface area contributed by atoms with Crippen LogP contribution in [0.15, 0.2) is 24.5 Å². The fraction of sp³-hybridized carbons (Fsp3) is 0.385. The first kappa shape index (κ1) is 11.6. The Morgan fingerprint density at radius 1 is 1.29 bits per heavy atom. The minimum absolute atomic E-state index is 0.706. The van der Waals surface area contributed by atoms with Crippen LogP contribution < -0.4 is 5.32 Å². The molecule has 0 amide bonds. The van der Waals surface area contributed by atoms with Gasteiger partial charge in [0.05, 0.1) is 6.54 Å². The Bertz CT molecular complexity index is 502. The van der Waals surface area contributed by atoms with Crippen LogP contribution in [0.1, 0.15) is 23.9 Å². The molecule has 2 aromatic rings. The highest BCUT2D eigenvalue weighted by Crippen LogP contribution is 2.16. The molecule has 4 nitrogen and oxygen atoms in total. The molecule has 1 N–H and O–H groups in total. The topological polar surface area (TPSA) is 42.7 Å². The molecular formula is C13H18N4. The molecule has 17 heavy (non-hydrogen) atoms. The van der Waals surface area contributed by atoms with E-state index < -0.39 is 0 Å². The Morgan fingerprint density at radius 2 is 2.12 bits per heavy atom. The van der Waals surface area contributed by atoms with Gasteiger partial charge in [-0.15, -0.1) is 0 Å². The van der Waals surface area contributed by atoms with Gasteiger partial charge in [0.15, 0.2) is 0 Å². The molecule has 0 fully saturated rings. The number of nitrogens with one attached hydrogen (secondary N) is 1. The number of aromatic nitrogens is 3. The summed E-state index contributed by atoms with van der Waals surface area (Å²) in [7, 11) is 0. The Morgan fingerprint density at radius 3 is 2.88 bits per heavy atom. The van der Waals surface area contributed by atoms with Crippen molar-refractivity contribution in [2.24, 2.45) is 0 Å². The van der Waals surface area contributed by atoms with E-state index in [0.717, 1.165) is 18.1 Å². The number of anilines is 1. The van der Waals surface area contributed by atoms with Crippen LogP contribution in [0, 0.1) is 13.8 Å². The molecule has 0 spiro atoms. The highest BCUT2D eigenvalue weighted by atomic mass is 15.3. The molecule has 0 unspecified atom stereocenters. The summed E-state index contributed by atoms with van der Waals surface area (Å²) in [5.74, 6) is 0.966. The first-order valence-corrected chi connectivity index (χ1v) is 5.88. The van der Waals surface area contributed by atoms with Gasteiger partial charge < -0.3 is 5.32 Å². The summed E-state index contributed by atoms with van der Waals surface area (Å²) < 4.78 is 1.90. The maximum Gasteiger partial charge on any atom is 0.146 e. The van der Waals surface area contributed by atoms with Crippen molar-refractivity contribution in [2.45, 2.75) is 33.9 Å². The second-order valence-corrected chi connectivity index (χ2v) is 4.16. The maximum absolute atomic E-state index is 4.24. The molecule has 0 aliphatic rings. The van der Waals surface area contributed by atoms with Crippen LogP contribution in [-0.2, 0) is 13.1 Å². The van der Waals surface area contributed by atoms with E-state index in [-0.39, 0.29) is 0 Å². The van der Waals surface area contributed by atoms with Gasteiger partial charge in [-0.05, 0) is 38.0 Å². The molecule has 0 saturated heterocycles. The van der Waals surface area contributed by atoms with Crippen molar-refractivity contribution in [3.63, 3.8) is 0 Å². The Hall–Kier alpha value is -1.84. The van der Waals surface area contributed by atoms with Crippen molar-refractivity contribution in [1.82, 2.24) is 14.8 Å². The maximum atomic E-state index is 4.24. The van der Waals surface area contributed by atoms with E-state index in [0.29, 0.717) is 6.54 Å². The summed E-state index contributed by atoms with van der Waals surface area (Å²) in [4.78, 5) is 4.24. The van der Waals surface area contributed by atoms with Gasteiger partial charge in [-0.3, -0.25) is 0 Å². The molecule has 0 atom stereocenters. The number of hydrogen-bond donors (Lipinski definition) is 1. The molecule has 0 radical (unpaired) electrons. The van der Waals surface area contributed by atoms with Crippen molar-refractivity contribution in [2.75, 3.05) is 5.32 Å². The Balaban J connectivity index is 2.09. The number of aryl methyl sites for hydroxylation is 3. The minimum Gasteiger partial charge on any atom is -0.378 e. The lowest BCUT2D eigenvalue weighted by molar-refractivity contribution is 0.622. The first-order valence-electron chi connectivity index (χ1n) is 5.88. The number of nitrogens with zero attached hydrogens (tertiary/aromatic N) is 3. The quantitative estimate of drug-likeness (QED) is 0.877. The zero-order valence-corrected chi connectivity index (χ0v) is 10.6. The van der Waals surface area contributed by atoms with Gasteiger partial charge in [0.25, 0.3) is 0 Å². The zero-order chi connectivity index (χ0) is 12.3. The molecule has 4 heteroatoms. The molecular weight excluding hydrogens is 212 g/mol. The minimum atomic E-state index is 0.706. The van der Waals surface area contributed by atoms with E-state index in [9.17, 15) is 0 Å². The smallest absolute Gasteiger partial charge is 0.146 e. The zero-order valence-electron chi connectivity index (χ0n) is 10.6. The fourth-order valence-electron chi connectivity index (χ4n) is 1.79. The largest absolute Gasteiger partial charge is 0.378 e. The van der Waals surface area contributed by atoms with E-state index >= 15 is 0 Å². The number of hydrogen-bond acceptors (Lipinski definition) is 3.